The molecule has 1 heterocycles. The number of phenolic OH excluding ortho intramolecular Hbond substituents is 1. The van der Waals surface area contributed by atoms with E-state index in [1.54, 1.807) is 12.1 Å². The maximum atomic E-state index is 14.1. The number of primary amides is 1. The van der Waals surface area contributed by atoms with Crippen molar-refractivity contribution < 1.29 is 19.5 Å². The number of aromatic hydroxyl groups is 1. The van der Waals surface area contributed by atoms with Crippen molar-refractivity contribution >= 4 is 40.6 Å². The zero-order valence-corrected chi connectivity index (χ0v) is 21.0. The standard InChI is InChI=1S/C26H29N5O4S/c1-14-11-15(2)13-18(12-14)31(26(35)23-20(27)21(24(28)33)30-36-23)22(16-7-9-19(32)10-8-16)25(34)29-17-5-3-4-6-17/h7-13,17,22,32H,3-6,27H2,1-2H3,(H2,28,33)(H,29,34). The lowest BCUT2D eigenvalue weighted by atomic mass is 10.0. The van der Waals surface area contributed by atoms with Gasteiger partial charge in [0.1, 0.15) is 16.7 Å². The lowest BCUT2D eigenvalue weighted by molar-refractivity contribution is -0.123. The maximum Gasteiger partial charge on any atom is 0.273 e. The van der Waals surface area contributed by atoms with Crippen LogP contribution in [0.25, 0.3) is 0 Å². The van der Waals surface area contributed by atoms with Crippen molar-refractivity contribution in [1.29, 1.82) is 0 Å². The molecule has 0 spiro atoms. The van der Waals surface area contributed by atoms with Crippen molar-refractivity contribution in [2.45, 2.75) is 51.6 Å². The molecule has 1 aliphatic rings. The third-order valence-electron chi connectivity index (χ3n) is 6.28. The van der Waals surface area contributed by atoms with E-state index in [1.165, 1.54) is 17.0 Å². The van der Waals surface area contributed by atoms with Crippen LogP contribution in [0.2, 0.25) is 0 Å². The van der Waals surface area contributed by atoms with Gasteiger partial charge in [-0.25, -0.2) is 0 Å². The third kappa shape index (κ3) is 5.18. The van der Waals surface area contributed by atoms with Gasteiger partial charge in [-0.05, 0) is 79.2 Å². The van der Waals surface area contributed by atoms with Gasteiger partial charge in [-0.1, -0.05) is 31.0 Å². The van der Waals surface area contributed by atoms with E-state index in [9.17, 15) is 19.5 Å². The van der Waals surface area contributed by atoms with Crippen LogP contribution in [0.5, 0.6) is 5.75 Å². The molecule has 1 unspecified atom stereocenters. The van der Waals surface area contributed by atoms with E-state index in [0.29, 0.717) is 11.3 Å². The number of aryl methyl sites for hydroxylation is 2. The minimum Gasteiger partial charge on any atom is -0.508 e. The number of nitrogens with zero attached hydrogens (tertiary/aromatic N) is 2. The zero-order chi connectivity index (χ0) is 26.0. The van der Waals surface area contributed by atoms with Gasteiger partial charge in [0.25, 0.3) is 11.8 Å². The van der Waals surface area contributed by atoms with Crippen molar-refractivity contribution in [2.75, 3.05) is 10.6 Å². The number of carbonyl (C=O) groups is 3. The number of phenols is 1. The second-order valence-electron chi connectivity index (χ2n) is 9.14. The molecule has 1 aliphatic carbocycles. The summed E-state index contributed by atoms with van der Waals surface area (Å²) in [5.74, 6) is -1.73. The molecule has 1 aromatic heterocycles. The molecule has 3 amide bonds. The first-order valence-electron chi connectivity index (χ1n) is 11.7. The zero-order valence-electron chi connectivity index (χ0n) is 20.2. The fraction of sp³-hybridized carbons (Fsp3) is 0.308. The van der Waals surface area contributed by atoms with Gasteiger partial charge in [0.2, 0.25) is 5.91 Å². The van der Waals surface area contributed by atoms with Gasteiger partial charge >= 0.3 is 0 Å². The van der Waals surface area contributed by atoms with Gasteiger partial charge in [-0.15, -0.1) is 0 Å². The number of anilines is 2. The lowest BCUT2D eigenvalue weighted by Gasteiger charge is -2.32. The van der Waals surface area contributed by atoms with Crippen LogP contribution in [0.1, 0.15) is 68.6 Å². The summed E-state index contributed by atoms with van der Waals surface area (Å²) >= 11 is 0.765. The summed E-state index contributed by atoms with van der Waals surface area (Å²) in [4.78, 5) is 41.0. The molecular formula is C26H29N5O4S. The van der Waals surface area contributed by atoms with Crippen LogP contribution in [0.15, 0.2) is 42.5 Å². The van der Waals surface area contributed by atoms with Gasteiger partial charge < -0.3 is 21.9 Å². The molecule has 0 bridgehead atoms. The third-order valence-corrected chi connectivity index (χ3v) is 7.13. The molecule has 3 aromatic rings. The molecule has 10 heteroatoms. The highest BCUT2D eigenvalue weighted by molar-refractivity contribution is 7.09. The number of nitrogen functional groups attached to an aromatic ring is 1. The molecule has 0 radical (unpaired) electrons. The van der Waals surface area contributed by atoms with Crippen LogP contribution in [-0.4, -0.2) is 33.2 Å². The van der Waals surface area contributed by atoms with E-state index in [2.05, 4.69) is 9.69 Å². The van der Waals surface area contributed by atoms with Crippen molar-refractivity contribution in [3.05, 3.63) is 69.7 Å². The van der Waals surface area contributed by atoms with Gasteiger partial charge in [0, 0.05) is 11.7 Å². The van der Waals surface area contributed by atoms with Gasteiger partial charge in [0.15, 0.2) is 5.69 Å². The van der Waals surface area contributed by atoms with Crippen LogP contribution >= 0.6 is 11.5 Å². The van der Waals surface area contributed by atoms with Gasteiger partial charge in [-0.2, -0.15) is 4.37 Å². The predicted molar refractivity (Wildman–Crippen MR) is 139 cm³/mol. The number of aromatic nitrogens is 1. The fourth-order valence-electron chi connectivity index (χ4n) is 4.64. The van der Waals surface area contributed by atoms with E-state index < -0.39 is 17.9 Å². The first-order chi connectivity index (χ1) is 17.2. The van der Waals surface area contributed by atoms with E-state index in [-0.39, 0.29) is 34.0 Å². The lowest BCUT2D eigenvalue weighted by Crippen LogP contribution is -2.46. The monoisotopic (exact) mass is 507 g/mol. The normalized spacial score (nSPS) is 14.4. The minimum absolute atomic E-state index is 0.0143. The van der Waals surface area contributed by atoms with E-state index >= 15 is 0 Å². The molecule has 6 N–H and O–H groups in total. The van der Waals surface area contributed by atoms with Crippen LogP contribution in [0.3, 0.4) is 0 Å². The summed E-state index contributed by atoms with van der Waals surface area (Å²) < 4.78 is 3.98. The Bertz CT molecular complexity index is 1280. The summed E-state index contributed by atoms with van der Waals surface area (Å²) in [5, 5.41) is 13.0. The van der Waals surface area contributed by atoms with E-state index in [1.807, 2.05) is 32.0 Å². The average molecular weight is 508 g/mol. The topological polar surface area (TPSA) is 152 Å². The number of hydrogen-bond donors (Lipinski definition) is 4. The molecular weight excluding hydrogens is 478 g/mol. The first-order valence-corrected chi connectivity index (χ1v) is 12.5. The number of rotatable bonds is 7. The molecule has 1 saturated carbocycles. The SMILES string of the molecule is Cc1cc(C)cc(N(C(=O)c2snc(C(N)=O)c2N)C(C(=O)NC2CCCC2)c2ccc(O)cc2)c1. The molecule has 36 heavy (non-hydrogen) atoms. The first kappa shape index (κ1) is 25.2. The van der Waals surface area contributed by atoms with Gasteiger partial charge in [0.05, 0.1) is 5.69 Å². The summed E-state index contributed by atoms with van der Waals surface area (Å²) in [6.07, 6.45) is 3.80. The quantitative estimate of drug-likeness (QED) is 0.383. The van der Waals surface area contributed by atoms with Crippen molar-refractivity contribution in [1.82, 2.24) is 9.69 Å². The Morgan fingerprint density at radius 1 is 1.08 bits per heavy atom. The van der Waals surface area contributed by atoms with Crippen molar-refractivity contribution in [3.8, 4) is 5.75 Å². The number of hydrogen-bond acceptors (Lipinski definition) is 7. The van der Waals surface area contributed by atoms with Crippen LogP contribution < -0.4 is 21.7 Å². The second-order valence-corrected chi connectivity index (χ2v) is 9.92. The van der Waals surface area contributed by atoms with Gasteiger partial charge in [-0.3, -0.25) is 19.3 Å². The van der Waals surface area contributed by atoms with Crippen molar-refractivity contribution in [3.63, 3.8) is 0 Å². The predicted octanol–water partition coefficient (Wildman–Crippen LogP) is 3.59. The smallest absolute Gasteiger partial charge is 0.273 e. The summed E-state index contributed by atoms with van der Waals surface area (Å²) in [6, 6.07) is 10.7. The summed E-state index contributed by atoms with van der Waals surface area (Å²) in [6.45, 7) is 3.80. The second kappa shape index (κ2) is 10.4. The number of amides is 3. The summed E-state index contributed by atoms with van der Waals surface area (Å²) in [5.41, 5.74) is 14.0. The molecule has 0 aliphatic heterocycles. The highest BCUT2D eigenvalue weighted by atomic mass is 32.1. The average Bonchev–Trinajstić information content (AvgIpc) is 3.46. The Labute approximate surface area is 213 Å². The molecule has 9 nitrogen and oxygen atoms in total. The van der Waals surface area contributed by atoms with Crippen LogP contribution in [0, 0.1) is 13.8 Å². The number of benzene rings is 2. The van der Waals surface area contributed by atoms with E-state index in [4.69, 9.17) is 11.5 Å². The maximum absolute atomic E-state index is 14.1. The Balaban J connectivity index is 1.88. The minimum atomic E-state index is -1.07. The fourth-order valence-corrected chi connectivity index (χ4v) is 5.38. The Kier molecular flexibility index (Phi) is 7.25. The Hall–Kier alpha value is -3.92. The molecule has 1 atom stereocenters. The Morgan fingerprint density at radius 3 is 2.25 bits per heavy atom. The molecule has 2 aromatic carbocycles. The van der Waals surface area contributed by atoms with E-state index in [0.717, 1.165) is 48.3 Å². The largest absolute Gasteiger partial charge is 0.508 e. The van der Waals surface area contributed by atoms with Crippen molar-refractivity contribution in [2.24, 2.45) is 5.73 Å². The number of nitrogens with two attached hydrogens (primary N) is 2. The molecule has 188 valence electrons. The van der Waals surface area contributed by atoms with Crippen LogP contribution in [-0.2, 0) is 4.79 Å². The highest BCUT2D eigenvalue weighted by Crippen LogP contribution is 2.35. The molecule has 4 rings (SSSR count). The molecule has 1 fully saturated rings. The number of nitrogens with one attached hydrogen (secondary N) is 1. The number of carbonyl (C=O) groups excluding carboxylic acids is 3. The Morgan fingerprint density at radius 2 is 1.69 bits per heavy atom. The van der Waals surface area contributed by atoms with Crippen LogP contribution in [0.4, 0.5) is 11.4 Å². The summed E-state index contributed by atoms with van der Waals surface area (Å²) in [7, 11) is 0. The highest BCUT2D eigenvalue weighted by Gasteiger charge is 2.37. The molecule has 0 saturated heterocycles.